The molecule has 74 heavy (non-hydrogen) atoms. The summed E-state index contributed by atoms with van der Waals surface area (Å²) in [5, 5.41) is 7.55. The SMILES string of the molecule is c1ccc(-c2ccc(N(c3ccc(-c4cc5c6ccccc6n(-c6cccc7ccccc67)c5c5c4sc4ccccc45)cc3)c3ccc4c(c3)C(c3ccccc3)(c3ccccc3)c3ccccc3-4)cc2)cc1. The minimum atomic E-state index is -0.526. The molecule has 1 aliphatic rings. The fourth-order valence-corrected chi connectivity index (χ4v) is 13.7. The number of rotatable bonds is 8. The van der Waals surface area contributed by atoms with Crippen LogP contribution in [-0.2, 0) is 5.41 Å². The van der Waals surface area contributed by atoms with Crippen molar-refractivity contribution in [1.29, 1.82) is 0 Å². The topological polar surface area (TPSA) is 8.17 Å². The predicted molar refractivity (Wildman–Crippen MR) is 314 cm³/mol. The molecule has 15 rings (SSSR count). The van der Waals surface area contributed by atoms with E-state index in [9.17, 15) is 0 Å². The highest BCUT2D eigenvalue weighted by molar-refractivity contribution is 7.26. The zero-order valence-electron chi connectivity index (χ0n) is 40.4. The summed E-state index contributed by atoms with van der Waals surface area (Å²) in [4.78, 5) is 2.44. The van der Waals surface area contributed by atoms with Gasteiger partial charge < -0.3 is 9.47 Å². The molecule has 346 valence electrons. The highest BCUT2D eigenvalue weighted by Crippen LogP contribution is 2.57. The highest BCUT2D eigenvalue weighted by atomic mass is 32.1. The van der Waals surface area contributed by atoms with E-state index in [-0.39, 0.29) is 0 Å². The molecule has 0 unspecified atom stereocenters. The molecule has 3 heteroatoms. The Morgan fingerprint density at radius 2 is 0.905 bits per heavy atom. The molecule has 0 atom stereocenters. The van der Waals surface area contributed by atoms with Crippen LogP contribution in [0.5, 0.6) is 0 Å². The second-order valence-corrected chi connectivity index (χ2v) is 20.6. The third-order valence-corrected chi connectivity index (χ3v) is 16.9. The van der Waals surface area contributed by atoms with E-state index in [0.29, 0.717) is 0 Å². The van der Waals surface area contributed by atoms with Gasteiger partial charge in [-0.2, -0.15) is 0 Å². The first-order valence-corrected chi connectivity index (χ1v) is 26.3. The Hall–Kier alpha value is -9.28. The maximum atomic E-state index is 2.53. The molecule has 0 fully saturated rings. The lowest BCUT2D eigenvalue weighted by Gasteiger charge is -2.35. The van der Waals surface area contributed by atoms with E-state index in [1.54, 1.807) is 0 Å². The number of aromatic nitrogens is 1. The first-order chi connectivity index (χ1) is 36.7. The molecule has 2 heterocycles. The monoisotopic (exact) mass is 958 g/mol. The van der Waals surface area contributed by atoms with E-state index in [1.807, 2.05) is 11.3 Å². The maximum absolute atomic E-state index is 2.53. The van der Waals surface area contributed by atoms with Gasteiger partial charge in [0.05, 0.1) is 22.1 Å². The van der Waals surface area contributed by atoms with Crippen LogP contribution in [0.4, 0.5) is 17.1 Å². The average molecular weight is 959 g/mol. The lowest BCUT2D eigenvalue weighted by molar-refractivity contribution is 0.768. The molecule has 0 amide bonds. The maximum Gasteiger partial charge on any atom is 0.0714 e. The van der Waals surface area contributed by atoms with Gasteiger partial charge in [-0.25, -0.2) is 0 Å². The third kappa shape index (κ3) is 6.37. The standard InChI is InChI=1S/C71H46N2S/c1-4-19-47(20-5-1)48-35-39-53(40-36-48)72(55-43-44-58-57-28-12-15-31-63(57)71(64(58)45-55,51-23-6-2-7-24-51)52-25-8-3-9-26-52)54-41-37-50(38-42-54)61-46-62-59-29-13-16-32-66(59)73(65-33-18-22-49-21-10-11-27-56(49)65)69(62)68-60-30-14-17-34-67(60)74-70(61)68/h1-46H. The van der Waals surface area contributed by atoms with Crippen LogP contribution in [0.25, 0.3) is 91.8 Å². The molecule has 0 saturated heterocycles. The predicted octanol–water partition coefficient (Wildman–Crippen LogP) is 19.5. The van der Waals surface area contributed by atoms with Crippen molar-refractivity contribution in [2.75, 3.05) is 4.90 Å². The molecule has 0 saturated carbocycles. The number of nitrogens with zero attached hydrogens (tertiary/aromatic N) is 2. The van der Waals surface area contributed by atoms with Crippen LogP contribution in [-0.4, -0.2) is 4.57 Å². The van der Waals surface area contributed by atoms with Gasteiger partial charge in [-0.1, -0.05) is 218 Å². The summed E-state index contributed by atoms with van der Waals surface area (Å²) in [6.07, 6.45) is 0. The van der Waals surface area contributed by atoms with Gasteiger partial charge in [0, 0.05) is 59.0 Å². The molecule has 14 aromatic rings. The molecule has 0 spiro atoms. The first-order valence-electron chi connectivity index (χ1n) is 25.5. The zero-order chi connectivity index (χ0) is 48.7. The van der Waals surface area contributed by atoms with E-state index in [2.05, 4.69) is 289 Å². The van der Waals surface area contributed by atoms with E-state index in [0.717, 1.165) is 17.1 Å². The summed E-state index contributed by atoms with van der Waals surface area (Å²) in [5.41, 5.74) is 18.8. The van der Waals surface area contributed by atoms with Crippen LogP contribution < -0.4 is 4.90 Å². The normalized spacial score (nSPS) is 12.7. The van der Waals surface area contributed by atoms with Crippen LogP contribution in [0.15, 0.2) is 279 Å². The molecule has 0 N–H and O–H groups in total. The van der Waals surface area contributed by atoms with Crippen molar-refractivity contribution >= 4 is 81.1 Å². The van der Waals surface area contributed by atoms with Crippen molar-refractivity contribution in [2.24, 2.45) is 0 Å². The Bertz CT molecular complexity index is 4410. The number of thiophene rings is 1. The number of benzene rings is 12. The Morgan fingerprint density at radius 1 is 0.351 bits per heavy atom. The van der Waals surface area contributed by atoms with E-state index < -0.39 is 5.41 Å². The largest absolute Gasteiger partial charge is 0.310 e. The minimum Gasteiger partial charge on any atom is -0.310 e. The van der Waals surface area contributed by atoms with Crippen LogP contribution in [0.3, 0.4) is 0 Å². The van der Waals surface area contributed by atoms with Gasteiger partial charge in [-0.05, 0) is 116 Å². The van der Waals surface area contributed by atoms with E-state index >= 15 is 0 Å². The van der Waals surface area contributed by atoms with Gasteiger partial charge >= 0.3 is 0 Å². The van der Waals surface area contributed by atoms with Gasteiger partial charge in [0.2, 0.25) is 0 Å². The van der Waals surface area contributed by atoms with Crippen molar-refractivity contribution in [2.45, 2.75) is 5.41 Å². The van der Waals surface area contributed by atoms with E-state index in [1.165, 1.54) is 114 Å². The van der Waals surface area contributed by atoms with Crippen molar-refractivity contribution in [1.82, 2.24) is 4.57 Å². The number of anilines is 3. The summed E-state index contributed by atoms with van der Waals surface area (Å²) in [6.45, 7) is 0. The molecule has 12 aromatic carbocycles. The second kappa shape index (κ2) is 16.9. The second-order valence-electron chi connectivity index (χ2n) is 19.5. The van der Waals surface area contributed by atoms with E-state index in [4.69, 9.17) is 0 Å². The van der Waals surface area contributed by atoms with Crippen LogP contribution >= 0.6 is 11.3 Å². The summed E-state index contributed by atoms with van der Waals surface area (Å²) in [7, 11) is 0. The zero-order valence-corrected chi connectivity index (χ0v) is 41.2. The molecule has 2 aromatic heterocycles. The third-order valence-electron chi connectivity index (χ3n) is 15.7. The highest BCUT2D eigenvalue weighted by Gasteiger charge is 2.46. The fraction of sp³-hybridized carbons (Fsp3) is 0.0141. The van der Waals surface area contributed by atoms with Gasteiger partial charge in [0.1, 0.15) is 0 Å². The molecule has 0 radical (unpaired) electrons. The van der Waals surface area contributed by atoms with Gasteiger partial charge in [-0.15, -0.1) is 11.3 Å². The number of fused-ring (bicyclic) bond motifs is 11. The molecule has 2 nitrogen and oxygen atoms in total. The molecule has 1 aliphatic carbocycles. The van der Waals surface area contributed by atoms with Gasteiger partial charge in [0.15, 0.2) is 0 Å². The van der Waals surface area contributed by atoms with Crippen LogP contribution in [0.1, 0.15) is 22.3 Å². The summed E-state index contributed by atoms with van der Waals surface area (Å²) in [5.74, 6) is 0. The van der Waals surface area contributed by atoms with Gasteiger partial charge in [-0.3, -0.25) is 0 Å². The Labute approximate surface area is 433 Å². The number of hydrogen-bond acceptors (Lipinski definition) is 2. The summed E-state index contributed by atoms with van der Waals surface area (Å²) < 4.78 is 5.11. The summed E-state index contributed by atoms with van der Waals surface area (Å²) >= 11 is 1.90. The lowest BCUT2D eigenvalue weighted by Crippen LogP contribution is -2.28. The summed E-state index contributed by atoms with van der Waals surface area (Å²) in [6, 6.07) is 103. The molecular weight excluding hydrogens is 913 g/mol. The Morgan fingerprint density at radius 3 is 1.65 bits per heavy atom. The number of para-hydroxylation sites is 1. The van der Waals surface area contributed by atoms with Crippen molar-refractivity contribution in [3.63, 3.8) is 0 Å². The first kappa shape index (κ1) is 42.4. The Balaban J connectivity index is 0.940. The quantitative estimate of drug-likeness (QED) is 0.147. The number of hydrogen-bond donors (Lipinski definition) is 0. The molecule has 0 bridgehead atoms. The van der Waals surface area contributed by atoms with Crippen molar-refractivity contribution in [3.05, 3.63) is 301 Å². The van der Waals surface area contributed by atoms with Crippen LogP contribution in [0.2, 0.25) is 0 Å². The van der Waals surface area contributed by atoms with Crippen molar-refractivity contribution in [3.8, 4) is 39.1 Å². The molecular formula is C71H46N2S. The van der Waals surface area contributed by atoms with Crippen LogP contribution in [0, 0.1) is 0 Å². The lowest BCUT2D eigenvalue weighted by atomic mass is 9.67. The fourth-order valence-electron chi connectivity index (χ4n) is 12.4. The molecule has 0 aliphatic heterocycles. The Kier molecular flexibility index (Phi) is 9.70. The average Bonchev–Trinajstić information content (AvgIpc) is 4.13. The minimum absolute atomic E-state index is 0.526. The van der Waals surface area contributed by atoms with Gasteiger partial charge in [0.25, 0.3) is 0 Å². The smallest absolute Gasteiger partial charge is 0.0714 e. The van der Waals surface area contributed by atoms with Crippen molar-refractivity contribution < 1.29 is 0 Å².